The van der Waals surface area contributed by atoms with E-state index in [1.165, 1.54) is 51.2 Å². The van der Waals surface area contributed by atoms with Crippen molar-refractivity contribution in [3.05, 3.63) is 168 Å². The van der Waals surface area contributed by atoms with Gasteiger partial charge in [0.25, 0.3) is 0 Å². The van der Waals surface area contributed by atoms with Gasteiger partial charge in [-0.1, -0.05) is 0 Å². The molecule has 0 nitrogen and oxygen atoms in total. The van der Waals surface area contributed by atoms with Gasteiger partial charge in [-0.15, -0.1) is 0 Å². The fourth-order valence-corrected chi connectivity index (χ4v) is 9.14. The predicted octanol–water partition coefficient (Wildman–Crippen LogP) is 8.54. The minimum atomic E-state index is 0.246. The van der Waals surface area contributed by atoms with Gasteiger partial charge in [-0.3, -0.25) is 0 Å². The maximum atomic E-state index is 2.39. The summed E-state index contributed by atoms with van der Waals surface area (Å²) in [6.45, 7) is 0. The van der Waals surface area contributed by atoms with Gasteiger partial charge >= 0.3 is 232 Å². The van der Waals surface area contributed by atoms with Crippen LogP contribution in [0.3, 0.4) is 0 Å². The molecular formula is C35H25Se2+. The SMILES string of the molecule is C(=C1C=C(c2ccccc2)[Se]C(c2ccccc2)=C1)c1cc(-c2ccccc2)[se+]c(-c2ccccc2)c1. The van der Waals surface area contributed by atoms with E-state index < -0.39 is 0 Å². The summed E-state index contributed by atoms with van der Waals surface area (Å²) in [7, 11) is 0. The standard InChI is InChI=1S/C35H25Se2/c1-5-13-28(14-6-1)32-22-26(23-33(36-32)29-15-7-2-8-16-29)21-27-24-34(30-17-9-3-10-18-30)37-35(25-27)31-19-11-4-12-20-31/h1-25H/q+1. The Morgan fingerprint density at radius 2 is 0.838 bits per heavy atom. The van der Waals surface area contributed by atoms with Crippen LogP contribution in [0.15, 0.2) is 151 Å². The molecule has 1 aromatic heterocycles. The Morgan fingerprint density at radius 1 is 0.459 bits per heavy atom. The third-order valence-corrected chi connectivity index (χ3v) is 11.0. The van der Waals surface area contributed by atoms with Crippen LogP contribution in [-0.4, -0.2) is 29.5 Å². The molecule has 0 radical (unpaired) electrons. The summed E-state index contributed by atoms with van der Waals surface area (Å²) in [5.41, 5.74) is 7.76. The molecule has 0 unspecified atom stereocenters. The Kier molecular flexibility index (Phi) is 7.26. The van der Waals surface area contributed by atoms with Crippen LogP contribution in [-0.2, 0) is 0 Å². The first kappa shape index (κ1) is 23.9. The molecule has 0 spiro atoms. The van der Waals surface area contributed by atoms with Crippen molar-refractivity contribution in [3.8, 4) is 20.0 Å². The van der Waals surface area contributed by atoms with E-state index in [-0.39, 0.29) is 29.5 Å². The van der Waals surface area contributed by atoms with E-state index in [4.69, 9.17) is 0 Å². The van der Waals surface area contributed by atoms with Crippen LogP contribution in [0.1, 0.15) is 16.7 Å². The molecule has 5 aromatic rings. The van der Waals surface area contributed by atoms with Crippen LogP contribution < -0.4 is 0 Å². The van der Waals surface area contributed by atoms with Gasteiger partial charge in [-0.05, 0) is 0 Å². The molecule has 0 atom stereocenters. The number of benzene rings is 4. The summed E-state index contributed by atoms with van der Waals surface area (Å²) < 4.78 is 5.67. The molecule has 0 amide bonds. The van der Waals surface area contributed by atoms with Crippen molar-refractivity contribution in [1.29, 1.82) is 0 Å². The van der Waals surface area contributed by atoms with Crippen LogP contribution in [0.5, 0.6) is 0 Å². The molecule has 0 fully saturated rings. The van der Waals surface area contributed by atoms with Gasteiger partial charge < -0.3 is 0 Å². The van der Waals surface area contributed by atoms with E-state index in [0.29, 0.717) is 0 Å². The molecule has 0 saturated heterocycles. The van der Waals surface area contributed by atoms with Crippen molar-refractivity contribution in [2.45, 2.75) is 0 Å². The Morgan fingerprint density at radius 3 is 1.24 bits per heavy atom. The van der Waals surface area contributed by atoms with E-state index in [1.807, 2.05) is 0 Å². The normalized spacial score (nSPS) is 13.0. The second-order valence-corrected chi connectivity index (χ2v) is 13.4. The summed E-state index contributed by atoms with van der Waals surface area (Å²) in [6, 6.07) is 48.1. The molecule has 6 rings (SSSR count). The Balaban J connectivity index is 1.49. The summed E-state index contributed by atoms with van der Waals surface area (Å²) in [5, 5.41) is 0. The number of hydrogen-bond donors (Lipinski definition) is 0. The van der Waals surface area contributed by atoms with E-state index >= 15 is 0 Å². The van der Waals surface area contributed by atoms with Gasteiger partial charge in [0.1, 0.15) is 0 Å². The summed E-state index contributed by atoms with van der Waals surface area (Å²) in [5.74, 6) is 0. The molecule has 37 heavy (non-hydrogen) atoms. The van der Waals surface area contributed by atoms with Crippen molar-refractivity contribution in [1.82, 2.24) is 0 Å². The predicted molar refractivity (Wildman–Crippen MR) is 161 cm³/mol. The monoisotopic (exact) mass is 605 g/mol. The van der Waals surface area contributed by atoms with Crippen molar-refractivity contribution in [3.63, 3.8) is 0 Å². The first-order valence-corrected chi connectivity index (χ1v) is 15.8. The average molecular weight is 604 g/mol. The van der Waals surface area contributed by atoms with Crippen molar-refractivity contribution < 1.29 is 0 Å². The van der Waals surface area contributed by atoms with E-state index in [1.54, 1.807) is 0 Å². The fourth-order valence-electron chi connectivity index (χ4n) is 4.38. The first-order chi connectivity index (χ1) is 18.3. The molecule has 176 valence electrons. The van der Waals surface area contributed by atoms with Crippen LogP contribution in [0.4, 0.5) is 0 Å². The van der Waals surface area contributed by atoms with Gasteiger partial charge in [-0.25, -0.2) is 0 Å². The van der Waals surface area contributed by atoms with Gasteiger partial charge in [0.05, 0.1) is 0 Å². The van der Waals surface area contributed by atoms with Crippen LogP contribution in [0.25, 0.3) is 35.0 Å². The van der Waals surface area contributed by atoms with Gasteiger partial charge in [0, 0.05) is 0 Å². The van der Waals surface area contributed by atoms with Crippen LogP contribution in [0.2, 0.25) is 0 Å². The van der Waals surface area contributed by atoms with Crippen molar-refractivity contribution in [2.75, 3.05) is 0 Å². The van der Waals surface area contributed by atoms with Gasteiger partial charge in [0.15, 0.2) is 0 Å². The summed E-state index contributed by atoms with van der Waals surface area (Å²) >= 11 is 0.493. The third-order valence-electron chi connectivity index (χ3n) is 6.20. The molecule has 2 heteroatoms. The number of hydrogen-bond acceptors (Lipinski definition) is 0. The Labute approximate surface area is 231 Å². The van der Waals surface area contributed by atoms with E-state index in [0.717, 1.165) is 0 Å². The molecule has 1 aliphatic heterocycles. The topological polar surface area (TPSA) is 0 Å². The number of allylic oxidation sites excluding steroid dienone is 3. The molecule has 0 N–H and O–H groups in total. The molecule has 4 aromatic carbocycles. The second kappa shape index (κ2) is 11.3. The molecule has 1 aliphatic rings. The Bertz CT molecular complexity index is 1480. The molecular weight excluding hydrogens is 578 g/mol. The fraction of sp³-hybridized carbons (Fsp3) is 0. The molecule has 2 heterocycles. The zero-order valence-corrected chi connectivity index (χ0v) is 23.7. The zero-order chi connectivity index (χ0) is 24.9. The maximum absolute atomic E-state index is 2.39. The molecule has 0 bridgehead atoms. The summed E-state index contributed by atoms with van der Waals surface area (Å²) in [6.07, 6.45) is 7.14. The number of rotatable bonds is 5. The Hall–Kier alpha value is -3.51. The summed E-state index contributed by atoms with van der Waals surface area (Å²) in [4.78, 5) is 0. The van der Waals surface area contributed by atoms with E-state index in [9.17, 15) is 0 Å². The molecule has 0 aliphatic carbocycles. The van der Waals surface area contributed by atoms with Gasteiger partial charge in [0.2, 0.25) is 0 Å². The van der Waals surface area contributed by atoms with Crippen LogP contribution in [0, 0.1) is 0 Å². The zero-order valence-electron chi connectivity index (χ0n) is 20.3. The molecule has 0 saturated carbocycles. The van der Waals surface area contributed by atoms with Crippen molar-refractivity contribution in [2.24, 2.45) is 0 Å². The first-order valence-electron chi connectivity index (χ1n) is 12.3. The van der Waals surface area contributed by atoms with Gasteiger partial charge in [-0.2, -0.15) is 0 Å². The quantitative estimate of drug-likeness (QED) is 0.177. The second-order valence-electron chi connectivity index (χ2n) is 8.85. The third kappa shape index (κ3) is 5.75. The minimum absolute atomic E-state index is 0.246. The van der Waals surface area contributed by atoms with Crippen LogP contribution >= 0.6 is 0 Å². The average Bonchev–Trinajstić information content (AvgIpc) is 2.99. The van der Waals surface area contributed by atoms with Crippen molar-refractivity contribution >= 4 is 44.5 Å². The van der Waals surface area contributed by atoms with E-state index in [2.05, 4.69) is 152 Å².